The lowest BCUT2D eigenvalue weighted by molar-refractivity contribution is 0.587. The molecular formula is C12H15BrN4O2S2. The molecule has 0 saturated heterocycles. The molecule has 2 unspecified atom stereocenters. The van der Waals surface area contributed by atoms with Crippen LogP contribution >= 0.6 is 39.0 Å². The number of aromatic amines is 1. The molecule has 0 aliphatic rings. The van der Waals surface area contributed by atoms with E-state index in [1.165, 1.54) is 16.4 Å². The fourth-order valence-corrected chi connectivity index (χ4v) is 4.66. The normalized spacial score (nSPS) is 14.1. The molecule has 0 amide bonds. The molecular weight excluding hydrogens is 376 g/mol. The largest absolute Gasteiger partial charge is 0.339 e. The number of aromatic nitrogens is 3. The summed E-state index contributed by atoms with van der Waals surface area (Å²) in [4.78, 5) is 27.6. The third-order valence-corrected chi connectivity index (χ3v) is 6.27. The van der Waals surface area contributed by atoms with Gasteiger partial charge >= 0.3 is 11.1 Å². The molecule has 0 saturated carbocycles. The minimum Gasteiger partial charge on any atom is -0.326 e. The van der Waals surface area contributed by atoms with E-state index in [1.54, 1.807) is 18.4 Å². The number of thiophene rings is 1. The monoisotopic (exact) mass is 390 g/mol. The van der Waals surface area contributed by atoms with Gasteiger partial charge in [0, 0.05) is 27.8 Å². The number of nitrogens with two attached hydrogens (primary N) is 1. The first-order chi connectivity index (χ1) is 9.92. The number of hydrogen-bond donors (Lipinski definition) is 2. The van der Waals surface area contributed by atoms with Gasteiger partial charge in [-0.1, -0.05) is 18.7 Å². The van der Waals surface area contributed by atoms with Gasteiger partial charge in [0.05, 0.1) is 5.25 Å². The van der Waals surface area contributed by atoms with Gasteiger partial charge in [-0.2, -0.15) is 4.98 Å². The first-order valence-electron chi connectivity index (χ1n) is 6.26. The second-order valence-corrected chi connectivity index (χ2v) is 7.44. The van der Waals surface area contributed by atoms with Crippen molar-refractivity contribution in [3.05, 3.63) is 41.5 Å². The van der Waals surface area contributed by atoms with E-state index in [-0.39, 0.29) is 11.3 Å². The van der Waals surface area contributed by atoms with Crippen molar-refractivity contribution in [2.45, 2.75) is 29.8 Å². The molecule has 0 radical (unpaired) electrons. The highest BCUT2D eigenvalue weighted by Gasteiger charge is 2.23. The molecule has 6 nitrogen and oxygen atoms in total. The van der Waals surface area contributed by atoms with Crippen LogP contribution in [0, 0.1) is 0 Å². The first kappa shape index (κ1) is 16.5. The van der Waals surface area contributed by atoms with Gasteiger partial charge in [-0.3, -0.25) is 19.4 Å². The summed E-state index contributed by atoms with van der Waals surface area (Å²) in [6.07, 6.45) is 0.796. The molecule has 2 rings (SSSR count). The maximum absolute atomic E-state index is 11.4. The van der Waals surface area contributed by atoms with E-state index < -0.39 is 11.1 Å². The topological polar surface area (TPSA) is 93.8 Å². The zero-order valence-corrected chi connectivity index (χ0v) is 14.7. The Bertz CT molecular complexity index is 739. The zero-order valence-electron chi connectivity index (χ0n) is 11.5. The van der Waals surface area contributed by atoms with Crippen LogP contribution in [-0.2, 0) is 7.05 Å². The van der Waals surface area contributed by atoms with Crippen molar-refractivity contribution >= 4 is 39.0 Å². The average molecular weight is 391 g/mol. The molecule has 2 aromatic rings. The summed E-state index contributed by atoms with van der Waals surface area (Å²) in [5.74, 6) is 0. The van der Waals surface area contributed by atoms with Crippen molar-refractivity contribution < 1.29 is 0 Å². The van der Waals surface area contributed by atoms with Gasteiger partial charge < -0.3 is 5.73 Å². The Morgan fingerprint density at radius 3 is 2.86 bits per heavy atom. The molecule has 2 atom stereocenters. The lowest BCUT2D eigenvalue weighted by atomic mass is 10.1. The van der Waals surface area contributed by atoms with E-state index in [2.05, 4.69) is 26.0 Å². The van der Waals surface area contributed by atoms with Gasteiger partial charge in [0.15, 0.2) is 5.16 Å². The summed E-state index contributed by atoms with van der Waals surface area (Å²) >= 11 is 6.42. The highest BCUT2D eigenvalue weighted by atomic mass is 79.9. The number of H-pyrrole nitrogens is 1. The van der Waals surface area contributed by atoms with E-state index in [0.717, 1.165) is 15.8 Å². The number of nitrogens with zero attached hydrogens (tertiary/aromatic N) is 2. The number of nitrogens with one attached hydrogen (secondary N) is 1. The molecule has 2 heterocycles. The predicted octanol–water partition coefficient (Wildman–Crippen LogP) is 1.86. The Hall–Kier alpha value is -0.900. The maximum Gasteiger partial charge on any atom is 0.339 e. The number of halogens is 1. The molecule has 0 fully saturated rings. The fourth-order valence-electron chi connectivity index (χ4n) is 1.73. The molecule has 21 heavy (non-hydrogen) atoms. The summed E-state index contributed by atoms with van der Waals surface area (Å²) in [5.41, 5.74) is 4.70. The number of hydrogen-bond acceptors (Lipinski definition) is 6. The lowest BCUT2D eigenvalue weighted by Gasteiger charge is -2.21. The van der Waals surface area contributed by atoms with E-state index in [1.807, 2.05) is 18.4 Å². The maximum atomic E-state index is 11.4. The minimum absolute atomic E-state index is 0.0321. The third kappa shape index (κ3) is 3.85. The first-order valence-corrected chi connectivity index (χ1v) is 8.81. The van der Waals surface area contributed by atoms with Crippen molar-refractivity contribution in [2.75, 3.05) is 0 Å². The van der Waals surface area contributed by atoms with E-state index in [9.17, 15) is 9.59 Å². The second kappa shape index (κ2) is 6.91. The lowest BCUT2D eigenvalue weighted by Crippen LogP contribution is -2.34. The molecule has 0 aliphatic carbocycles. The summed E-state index contributed by atoms with van der Waals surface area (Å²) in [6.45, 7) is 2.01. The van der Waals surface area contributed by atoms with Crippen LogP contribution in [0.2, 0.25) is 0 Å². The number of rotatable bonds is 5. The number of aryl methyl sites for hydroxylation is 1. The highest BCUT2D eigenvalue weighted by molar-refractivity contribution is 9.10. The molecule has 0 aliphatic heterocycles. The van der Waals surface area contributed by atoms with Crippen molar-refractivity contribution in [2.24, 2.45) is 12.8 Å². The molecule has 0 spiro atoms. The van der Waals surface area contributed by atoms with Crippen LogP contribution in [0.15, 0.2) is 30.7 Å². The van der Waals surface area contributed by atoms with Crippen LogP contribution in [0.1, 0.15) is 23.5 Å². The van der Waals surface area contributed by atoms with Gasteiger partial charge in [-0.15, -0.1) is 11.3 Å². The number of thioether (sulfide) groups is 1. The Balaban J connectivity index is 2.38. The molecule has 3 N–H and O–H groups in total. The molecule has 9 heteroatoms. The smallest absolute Gasteiger partial charge is 0.326 e. The standard InChI is InChI=1S/C12H15BrN4O2S2/c1-3-7(14)9(8-4-6(13)5-20-8)21-12-15-10(18)11(19)16-17(12)2/h4-5,7,9H,3,14H2,1-2H3,(H,16,19). The Labute approximate surface area is 137 Å². The Kier molecular flexibility index (Phi) is 5.42. The van der Waals surface area contributed by atoms with Gasteiger partial charge in [-0.25, -0.2) is 0 Å². The summed E-state index contributed by atoms with van der Waals surface area (Å²) in [5, 5.41) is 4.85. The summed E-state index contributed by atoms with van der Waals surface area (Å²) in [6, 6.07) is 1.94. The van der Waals surface area contributed by atoms with Gasteiger partial charge in [-0.05, 0) is 28.4 Å². The van der Waals surface area contributed by atoms with Crippen LogP contribution in [0.5, 0.6) is 0 Å². The Morgan fingerprint density at radius 1 is 1.57 bits per heavy atom. The molecule has 2 aromatic heterocycles. The quantitative estimate of drug-likeness (QED) is 0.600. The zero-order chi connectivity index (χ0) is 15.6. The van der Waals surface area contributed by atoms with Crippen molar-refractivity contribution in [1.82, 2.24) is 14.8 Å². The minimum atomic E-state index is -0.785. The van der Waals surface area contributed by atoms with E-state index >= 15 is 0 Å². The SMILES string of the molecule is CCC(N)C(Sc1nc(=O)c(=O)[nH]n1C)c1cc(Br)cs1. The van der Waals surface area contributed by atoms with Crippen LogP contribution in [0.3, 0.4) is 0 Å². The van der Waals surface area contributed by atoms with Crippen LogP contribution in [0.25, 0.3) is 0 Å². The van der Waals surface area contributed by atoms with Crippen LogP contribution in [0.4, 0.5) is 0 Å². The highest BCUT2D eigenvalue weighted by Crippen LogP contribution is 2.40. The van der Waals surface area contributed by atoms with E-state index in [4.69, 9.17) is 5.73 Å². The van der Waals surface area contributed by atoms with Crippen LogP contribution in [-0.4, -0.2) is 20.8 Å². The Morgan fingerprint density at radius 2 is 2.29 bits per heavy atom. The fraction of sp³-hybridized carbons (Fsp3) is 0.417. The summed E-state index contributed by atoms with van der Waals surface area (Å²) in [7, 11) is 1.65. The van der Waals surface area contributed by atoms with Crippen molar-refractivity contribution in [3.8, 4) is 0 Å². The summed E-state index contributed by atoms with van der Waals surface area (Å²) < 4.78 is 2.45. The molecule has 0 bridgehead atoms. The molecule has 114 valence electrons. The van der Waals surface area contributed by atoms with Gasteiger partial charge in [0.25, 0.3) is 0 Å². The average Bonchev–Trinajstić information content (AvgIpc) is 2.87. The van der Waals surface area contributed by atoms with E-state index in [0.29, 0.717) is 5.16 Å². The van der Waals surface area contributed by atoms with Gasteiger partial charge in [0.2, 0.25) is 0 Å². The van der Waals surface area contributed by atoms with Crippen molar-refractivity contribution in [3.63, 3.8) is 0 Å². The van der Waals surface area contributed by atoms with Gasteiger partial charge in [0.1, 0.15) is 0 Å². The van der Waals surface area contributed by atoms with Crippen LogP contribution < -0.4 is 16.9 Å². The predicted molar refractivity (Wildman–Crippen MR) is 89.0 cm³/mol. The molecule has 0 aromatic carbocycles. The van der Waals surface area contributed by atoms with Crippen molar-refractivity contribution in [1.29, 1.82) is 0 Å². The third-order valence-electron chi connectivity index (χ3n) is 2.91. The second-order valence-electron chi connectivity index (χ2n) is 4.48.